The standard InChI is InChI=1S/C16H16F3NOS2/c17-16(18,19)12-20(10-13-6-8-22-11-13)15(21)7-9-23-14-4-2-1-3-5-14/h1-6,8,11H,7,9-10,12H2. The number of carbonyl (C=O) groups is 1. The number of amides is 1. The van der Waals surface area contributed by atoms with Gasteiger partial charge in [0, 0.05) is 23.6 Å². The Morgan fingerprint density at radius 3 is 2.52 bits per heavy atom. The molecule has 23 heavy (non-hydrogen) atoms. The van der Waals surface area contributed by atoms with Crippen LogP contribution in [0.4, 0.5) is 13.2 Å². The number of thiophene rings is 1. The highest BCUT2D eigenvalue weighted by Gasteiger charge is 2.32. The van der Waals surface area contributed by atoms with Crippen LogP contribution in [0.3, 0.4) is 0 Å². The quantitative estimate of drug-likeness (QED) is 0.661. The average Bonchev–Trinajstić information content (AvgIpc) is 2.99. The topological polar surface area (TPSA) is 20.3 Å². The van der Waals surface area contributed by atoms with Crippen molar-refractivity contribution in [2.75, 3.05) is 12.3 Å². The lowest BCUT2D eigenvalue weighted by molar-refractivity contribution is -0.162. The first-order valence-electron chi connectivity index (χ1n) is 6.97. The largest absolute Gasteiger partial charge is 0.406 e. The van der Waals surface area contributed by atoms with Crippen molar-refractivity contribution in [3.05, 3.63) is 52.7 Å². The fourth-order valence-corrected chi connectivity index (χ4v) is 3.50. The van der Waals surface area contributed by atoms with E-state index in [4.69, 9.17) is 0 Å². The fourth-order valence-electron chi connectivity index (χ4n) is 1.98. The molecule has 1 aromatic heterocycles. The van der Waals surface area contributed by atoms with Gasteiger partial charge in [-0.2, -0.15) is 24.5 Å². The molecule has 0 saturated heterocycles. The van der Waals surface area contributed by atoms with E-state index in [-0.39, 0.29) is 13.0 Å². The maximum atomic E-state index is 12.7. The molecule has 2 aromatic rings. The Hall–Kier alpha value is -1.47. The molecule has 0 aliphatic rings. The lowest BCUT2D eigenvalue weighted by Gasteiger charge is -2.23. The maximum absolute atomic E-state index is 12.7. The van der Waals surface area contributed by atoms with E-state index in [1.54, 1.807) is 16.8 Å². The van der Waals surface area contributed by atoms with Crippen molar-refractivity contribution in [2.24, 2.45) is 0 Å². The van der Waals surface area contributed by atoms with E-state index in [1.807, 2.05) is 30.3 Å². The van der Waals surface area contributed by atoms with Crippen molar-refractivity contribution < 1.29 is 18.0 Å². The number of hydrogen-bond donors (Lipinski definition) is 0. The van der Waals surface area contributed by atoms with E-state index in [0.717, 1.165) is 15.4 Å². The molecule has 0 radical (unpaired) electrons. The predicted molar refractivity (Wildman–Crippen MR) is 87.6 cm³/mol. The van der Waals surface area contributed by atoms with E-state index < -0.39 is 18.6 Å². The van der Waals surface area contributed by atoms with Crippen LogP contribution in [0.2, 0.25) is 0 Å². The van der Waals surface area contributed by atoms with Crippen LogP contribution in [-0.4, -0.2) is 29.3 Å². The zero-order valence-corrected chi connectivity index (χ0v) is 13.9. The minimum Gasteiger partial charge on any atom is -0.329 e. The molecule has 2 nitrogen and oxygen atoms in total. The van der Waals surface area contributed by atoms with Gasteiger partial charge in [0.25, 0.3) is 0 Å². The average molecular weight is 359 g/mol. The number of thioether (sulfide) groups is 1. The second kappa shape index (κ2) is 8.40. The summed E-state index contributed by atoms with van der Waals surface area (Å²) in [6.07, 6.45) is -4.31. The van der Waals surface area contributed by atoms with Crippen LogP contribution < -0.4 is 0 Å². The van der Waals surface area contributed by atoms with Gasteiger partial charge in [0.1, 0.15) is 6.54 Å². The monoisotopic (exact) mass is 359 g/mol. The van der Waals surface area contributed by atoms with Gasteiger partial charge in [0.05, 0.1) is 0 Å². The van der Waals surface area contributed by atoms with E-state index in [1.165, 1.54) is 23.1 Å². The normalized spacial score (nSPS) is 11.4. The predicted octanol–water partition coefficient (Wildman–Crippen LogP) is 4.82. The van der Waals surface area contributed by atoms with E-state index in [9.17, 15) is 18.0 Å². The summed E-state index contributed by atoms with van der Waals surface area (Å²) in [7, 11) is 0. The molecule has 0 atom stereocenters. The van der Waals surface area contributed by atoms with Gasteiger partial charge >= 0.3 is 6.18 Å². The molecule has 1 amide bonds. The Morgan fingerprint density at radius 1 is 1.17 bits per heavy atom. The zero-order chi connectivity index (χ0) is 16.7. The third kappa shape index (κ3) is 6.66. The summed E-state index contributed by atoms with van der Waals surface area (Å²) in [5.74, 6) is -0.0159. The van der Waals surface area contributed by atoms with Crippen LogP contribution in [0.5, 0.6) is 0 Å². The first-order chi connectivity index (χ1) is 10.9. The van der Waals surface area contributed by atoms with Gasteiger partial charge in [-0.05, 0) is 34.5 Å². The van der Waals surface area contributed by atoms with E-state index in [0.29, 0.717) is 5.75 Å². The summed E-state index contributed by atoms with van der Waals surface area (Å²) in [5.41, 5.74) is 0.725. The van der Waals surface area contributed by atoms with Gasteiger partial charge in [-0.3, -0.25) is 4.79 Å². The van der Waals surface area contributed by atoms with Crippen LogP contribution in [0, 0.1) is 0 Å². The summed E-state index contributed by atoms with van der Waals surface area (Å²) in [6, 6.07) is 11.2. The van der Waals surface area contributed by atoms with Crippen molar-refractivity contribution >= 4 is 29.0 Å². The minimum atomic E-state index is -4.39. The number of nitrogens with zero attached hydrogens (tertiary/aromatic N) is 1. The molecule has 0 spiro atoms. The smallest absolute Gasteiger partial charge is 0.329 e. The molecule has 0 bridgehead atoms. The Bertz CT molecular complexity index is 600. The summed E-state index contributed by atoms with van der Waals surface area (Å²) < 4.78 is 38.1. The molecule has 7 heteroatoms. The van der Waals surface area contributed by atoms with Gasteiger partial charge in [0.15, 0.2) is 0 Å². The molecule has 1 heterocycles. The van der Waals surface area contributed by atoms with Crippen molar-refractivity contribution in [3.8, 4) is 0 Å². The summed E-state index contributed by atoms with van der Waals surface area (Å²) in [4.78, 5) is 14.0. The number of carbonyl (C=O) groups excluding carboxylic acids is 1. The molecule has 0 unspecified atom stereocenters. The van der Waals surface area contributed by atoms with Crippen LogP contribution in [0.15, 0.2) is 52.1 Å². The Labute approximate surface area is 141 Å². The number of alkyl halides is 3. The maximum Gasteiger partial charge on any atom is 0.406 e. The zero-order valence-electron chi connectivity index (χ0n) is 12.3. The molecular formula is C16H16F3NOS2. The second-order valence-corrected chi connectivity index (χ2v) is 6.86. The molecule has 124 valence electrons. The van der Waals surface area contributed by atoms with Crippen LogP contribution in [-0.2, 0) is 11.3 Å². The number of benzene rings is 1. The number of halogens is 3. The highest BCUT2D eigenvalue weighted by Crippen LogP contribution is 2.22. The second-order valence-electron chi connectivity index (χ2n) is 4.91. The SMILES string of the molecule is O=C(CCSc1ccccc1)N(Cc1ccsc1)CC(F)(F)F. The molecule has 2 rings (SSSR count). The molecule has 0 aliphatic heterocycles. The van der Waals surface area contributed by atoms with Gasteiger partial charge in [0.2, 0.25) is 5.91 Å². The van der Waals surface area contributed by atoms with Crippen LogP contribution >= 0.6 is 23.1 Å². The van der Waals surface area contributed by atoms with Crippen LogP contribution in [0.25, 0.3) is 0 Å². The Balaban J connectivity index is 1.90. The van der Waals surface area contributed by atoms with E-state index in [2.05, 4.69) is 0 Å². The molecule has 1 aromatic carbocycles. The van der Waals surface area contributed by atoms with Crippen molar-refractivity contribution in [2.45, 2.75) is 24.0 Å². The van der Waals surface area contributed by atoms with Gasteiger partial charge in [-0.25, -0.2) is 0 Å². The van der Waals surface area contributed by atoms with Gasteiger partial charge < -0.3 is 4.90 Å². The van der Waals surface area contributed by atoms with Crippen molar-refractivity contribution in [1.82, 2.24) is 4.90 Å². The Kier molecular flexibility index (Phi) is 6.53. The molecule has 0 saturated carbocycles. The summed E-state index contributed by atoms with van der Waals surface area (Å²) >= 11 is 2.87. The third-order valence-corrected chi connectivity index (χ3v) is 4.75. The van der Waals surface area contributed by atoms with Crippen molar-refractivity contribution in [3.63, 3.8) is 0 Å². The van der Waals surface area contributed by atoms with Crippen LogP contribution in [0.1, 0.15) is 12.0 Å². The number of hydrogen-bond acceptors (Lipinski definition) is 3. The highest BCUT2D eigenvalue weighted by atomic mass is 32.2. The fraction of sp³-hybridized carbons (Fsp3) is 0.312. The lowest BCUT2D eigenvalue weighted by atomic mass is 10.3. The third-order valence-electron chi connectivity index (χ3n) is 3.00. The minimum absolute atomic E-state index is 0.00214. The Morgan fingerprint density at radius 2 is 1.91 bits per heavy atom. The molecule has 0 aliphatic carbocycles. The van der Waals surface area contributed by atoms with Crippen molar-refractivity contribution in [1.29, 1.82) is 0 Å². The van der Waals surface area contributed by atoms with E-state index >= 15 is 0 Å². The van der Waals surface area contributed by atoms with Gasteiger partial charge in [-0.15, -0.1) is 11.8 Å². The van der Waals surface area contributed by atoms with Gasteiger partial charge in [-0.1, -0.05) is 18.2 Å². The molecule has 0 N–H and O–H groups in total. The summed E-state index contributed by atoms with van der Waals surface area (Å²) in [6.45, 7) is -1.21. The molecule has 0 fully saturated rings. The highest BCUT2D eigenvalue weighted by molar-refractivity contribution is 7.99. The first-order valence-corrected chi connectivity index (χ1v) is 8.90. The first kappa shape index (κ1) is 17.9. The summed E-state index contributed by atoms with van der Waals surface area (Å²) in [5, 5.41) is 3.55. The number of rotatable bonds is 7. The molecular weight excluding hydrogens is 343 g/mol. The lowest BCUT2D eigenvalue weighted by Crippen LogP contribution is -2.38.